The number of carbonyl (C=O) groups excluding carboxylic acids is 2. The van der Waals surface area contributed by atoms with Gasteiger partial charge in [0, 0.05) is 24.9 Å². The largest absolute Gasteiger partial charge is 0.444 e. The Hall–Kier alpha value is -1.50. The topological polar surface area (TPSA) is 46.6 Å². The summed E-state index contributed by atoms with van der Waals surface area (Å²) in [6.07, 6.45) is 7.58. The highest BCUT2D eigenvalue weighted by molar-refractivity contribution is 5.69. The second-order valence-electron chi connectivity index (χ2n) is 5.83. The first-order valence-electron chi connectivity index (χ1n) is 6.20. The molecule has 18 heavy (non-hydrogen) atoms. The number of amides is 1. The Morgan fingerprint density at radius 1 is 1.44 bits per heavy atom. The molecule has 0 aliphatic carbocycles. The van der Waals surface area contributed by atoms with E-state index in [-0.39, 0.29) is 6.09 Å². The van der Waals surface area contributed by atoms with Crippen molar-refractivity contribution >= 4 is 12.4 Å². The minimum Gasteiger partial charge on any atom is -0.444 e. The zero-order valence-corrected chi connectivity index (χ0v) is 11.4. The molecule has 4 nitrogen and oxygen atoms in total. The van der Waals surface area contributed by atoms with Crippen molar-refractivity contribution in [2.75, 3.05) is 13.1 Å². The zero-order valence-electron chi connectivity index (χ0n) is 11.4. The molecule has 1 rings (SSSR count). The Kier molecular flexibility index (Phi) is 4.39. The van der Waals surface area contributed by atoms with Gasteiger partial charge in [0.2, 0.25) is 0 Å². The summed E-state index contributed by atoms with van der Waals surface area (Å²) in [5.41, 5.74) is -0.942. The van der Waals surface area contributed by atoms with Gasteiger partial charge in [0.05, 0.1) is 0 Å². The molecule has 1 saturated heterocycles. The zero-order chi connectivity index (χ0) is 13.8. The van der Waals surface area contributed by atoms with E-state index in [9.17, 15) is 9.59 Å². The lowest BCUT2D eigenvalue weighted by Crippen LogP contribution is -2.45. The normalized spacial score (nSPS) is 18.9. The number of terminal acetylenes is 1. The Morgan fingerprint density at radius 3 is 2.39 bits per heavy atom. The lowest BCUT2D eigenvalue weighted by Gasteiger charge is -2.37. The number of ether oxygens (including phenoxy) is 1. The monoisotopic (exact) mass is 251 g/mol. The van der Waals surface area contributed by atoms with Crippen LogP contribution in [0.4, 0.5) is 4.79 Å². The van der Waals surface area contributed by atoms with E-state index in [0.29, 0.717) is 32.4 Å². The molecular formula is C14H21NO3. The van der Waals surface area contributed by atoms with Crippen molar-refractivity contribution in [3.8, 4) is 12.3 Å². The molecule has 0 radical (unpaired) electrons. The summed E-state index contributed by atoms with van der Waals surface area (Å²) >= 11 is 0. The summed E-state index contributed by atoms with van der Waals surface area (Å²) in [4.78, 5) is 24.6. The standard InChI is InChI=1S/C14H21NO3/c1-5-6-14(11-16)7-9-15(10-8-14)12(17)18-13(2,3)4/h1,11H,6-10H2,2-4H3. The molecular weight excluding hydrogens is 230 g/mol. The summed E-state index contributed by atoms with van der Waals surface area (Å²) in [5, 5.41) is 0. The number of piperidine rings is 1. The fourth-order valence-corrected chi connectivity index (χ4v) is 2.00. The van der Waals surface area contributed by atoms with E-state index in [4.69, 9.17) is 11.2 Å². The highest BCUT2D eigenvalue weighted by atomic mass is 16.6. The Bertz CT molecular complexity index is 354. The molecule has 1 heterocycles. The van der Waals surface area contributed by atoms with Crippen LogP contribution in [-0.4, -0.2) is 36.0 Å². The van der Waals surface area contributed by atoms with E-state index in [1.165, 1.54) is 0 Å². The summed E-state index contributed by atoms with van der Waals surface area (Å²) in [6, 6.07) is 0. The third-order valence-corrected chi connectivity index (χ3v) is 3.12. The third kappa shape index (κ3) is 3.76. The van der Waals surface area contributed by atoms with Crippen LogP contribution in [0.1, 0.15) is 40.0 Å². The maximum Gasteiger partial charge on any atom is 0.410 e. The molecule has 0 spiro atoms. The van der Waals surface area contributed by atoms with Gasteiger partial charge >= 0.3 is 6.09 Å². The first-order valence-corrected chi connectivity index (χ1v) is 6.20. The van der Waals surface area contributed by atoms with Crippen molar-refractivity contribution < 1.29 is 14.3 Å². The van der Waals surface area contributed by atoms with Crippen molar-refractivity contribution in [3.63, 3.8) is 0 Å². The lowest BCUT2D eigenvalue weighted by atomic mass is 9.77. The first-order chi connectivity index (χ1) is 8.32. The van der Waals surface area contributed by atoms with Gasteiger partial charge in [0.15, 0.2) is 0 Å². The number of likely N-dealkylation sites (tertiary alicyclic amines) is 1. The molecule has 0 bridgehead atoms. The van der Waals surface area contributed by atoms with E-state index >= 15 is 0 Å². The second-order valence-corrected chi connectivity index (χ2v) is 5.83. The van der Waals surface area contributed by atoms with Crippen LogP contribution in [0.2, 0.25) is 0 Å². The molecule has 1 fully saturated rings. The molecule has 0 aromatic heterocycles. The van der Waals surface area contributed by atoms with Crippen LogP contribution in [0.3, 0.4) is 0 Å². The van der Waals surface area contributed by atoms with E-state index in [1.54, 1.807) is 4.90 Å². The average molecular weight is 251 g/mol. The van der Waals surface area contributed by atoms with Gasteiger partial charge in [-0.1, -0.05) is 0 Å². The van der Waals surface area contributed by atoms with Gasteiger partial charge in [-0.2, -0.15) is 0 Å². The van der Waals surface area contributed by atoms with Crippen LogP contribution in [0.15, 0.2) is 0 Å². The SMILES string of the molecule is C#CCC1(C=O)CCN(C(=O)OC(C)(C)C)CC1. The maximum absolute atomic E-state index is 11.8. The number of rotatable bonds is 2. The number of hydrogen-bond acceptors (Lipinski definition) is 3. The minimum absolute atomic E-state index is 0.317. The number of hydrogen-bond donors (Lipinski definition) is 0. The fraction of sp³-hybridized carbons (Fsp3) is 0.714. The molecule has 0 aromatic carbocycles. The van der Waals surface area contributed by atoms with Gasteiger partial charge in [-0.3, -0.25) is 0 Å². The van der Waals surface area contributed by atoms with Gasteiger partial charge in [0.25, 0.3) is 0 Å². The van der Waals surface area contributed by atoms with E-state index < -0.39 is 11.0 Å². The van der Waals surface area contributed by atoms with Crippen molar-refractivity contribution in [3.05, 3.63) is 0 Å². The number of carbonyl (C=O) groups is 2. The molecule has 1 amide bonds. The second kappa shape index (κ2) is 5.43. The number of nitrogens with zero attached hydrogens (tertiary/aromatic N) is 1. The predicted octanol–water partition coefficient (Wildman–Crippen LogP) is 2.23. The molecule has 100 valence electrons. The van der Waals surface area contributed by atoms with E-state index in [2.05, 4.69) is 5.92 Å². The van der Waals surface area contributed by atoms with Crippen LogP contribution < -0.4 is 0 Å². The third-order valence-electron chi connectivity index (χ3n) is 3.12. The minimum atomic E-state index is -0.491. The number of aldehydes is 1. The van der Waals surface area contributed by atoms with E-state index in [0.717, 1.165) is 6.29 Å². The van der Waals surface area contributed by atoms with Crippen LogP contribution in [-0.2, 0) is 9.53 Å². The summed E-state index contributed by atoms with van der Waals surface area (Å²) < 4.78 is 5.30. The van der Waals surface area contributed by atoms with Gasteiger partial charge in [-0.05, 0) is 33.6 Å². The van der Waals surface area contributed by atoms with Gasteiger partial charge in [0.1, 0.15) is 11.9 Å². The first kappa shape index (κ1) is 14.6. The fourth-order valence-electron chi connectivity index (χ4n) is 2.00. The molecule has 0 saturated carbocycles. The molecule has 0 unspecified atom stereocenters. The summed E-state index contributed by atoms with van der Waals surface area (Å²) in [7, 11) is 0. The lowest BCUT2D eigenvalue weighted by molar-refractivity contribution is -0.118. The Labute approximate surface area is 109 Å². The quantitative estimate of drug-likeness (QED) is 0.558. The summed E-state index contributed by atoms with van der Waals surface area (Å²) in [5.74, 6) is 2.55. The highest BCUT2D eigenvalue weighted by Gasteiger charge is 2.36. The molecule has 1 aliphatic heterocycles. The summed E-state index contributed by atoms with van der Waals surface area (Å²) in [6.45, 7) is 6.55. The molecule has 1 aliphatic rings. The van der Waals surface area contributed by atoms with Crippen LogP contribution in [0, 0.1) is 17.8 Å². The Morgan fingerprint density at radius 2 is 2.00 bits per heavy atom. The van der Waals surface area contributed by atoms with Crippen molar-refractivity contribution in [2.24, 2.45) is 5.41 Å². The van der Waals surface area contributed by atoms with Crippen LogP contribution >= 0.6 is 0 Å². The molecule has 0 N–H and O–H groups in total. The van der Waals surface area contributed by atoms with Gasteiger partial charge in [-0.15, -0.1) is 12.3 Å². The maximum atomic E-state index is 11.8. The van der Waals surface area contributed by atoms with Crippen molar-refractivity contribution in [2.45, 2.75) is 45.6 Å². The molecule has 0 aromatic rings. The Balaban J connectivity index is 2.56. The molecule has 0 atom stereocenters. The average Bonchev–Trinajstić information content (AvgIpc) is 2.28. The van der Waals surface area contributed by atoms with Crippen molar-refractivity contribution in [1.29, 1.82) is 0 Å². The highest BCUT2D eigenvalue weighted by Crippen LogP contribution is 2.32. The molecule has 4 heteroatoms. The predicted molar refractivity (Wildman–Crippen MR) is 69.0 cm³/mol. The van der Waals surface area contributed by atoms with Crippen LogP contribution in [0.5, 0.6) is 0 Å². The van der Waals surface area contributed by atoms with Crippen molar-refractivity contribution in [1.82, 2.24) is 4.90 Å². The smallest absolute Gasteiger partial charge is 0.410 e. The van der Waals surface area contributed by atoms with E-state index in [1.807, 2.05) is 20.8 Å². The van der Waals surface area contributed by atoms with Crippen LogP contribution in [0.25, 0.3) is 0 Å². The van der Waals surface area contributed by atoms with Gasteiger partial charge < -0.3 is 14.4 Å². The van der Waals surface area contributed by atoms with Gasteiger partial charge in [-0.25, -0.2) is 4.79 Å².